The maximum atomic E-state index is 12.0. The van der Waals surface area contributed by atoms with Crippen molar-refractivity contribution in [2.75, 3.05) is 58.8 Å². The van der Waals surface area contributed by atoms with Gasteiger partial charge in [0.05, 0.1) is 0 Å². The van der Waals surface area contributed by atoms with Gasteiger partial charge in [-0.15, -0.1) is 0 Å². The molecule has 1 saturated heterocycles. The number of carbonyl (C=O) groups excluding carboxylic acids is 1. The third-order valence-electron chi connectivity index (χ3n) is 4.12. The number of amides is 1. The molecule has 5 nitrogen and oxygen atoms in total. The lowest BCUT2D eigenvalue weighted by molar-refractivity contribution is -0.116. The van der Waals surface area contributed by atoms with Crippen LogP contribution in [0.5, 0.6) is 0 Å². The average Bonchev–Trinajstić information content (AvgIpc) is 2.54. The summed E-state index contributed by atoms with van der Waals surface area (Å²) in [5.41, 5.74) is 2.10. The summed E-state index contributed by atoms with van der Waals surface area (Å²) in [7, 11) is 6.07. The molecule has 0 spiro atoms. The number of likely N-dealkylation sites (N-methyl/N-ethyl adjacent to an activating group) is 2. The Bertz CT molecular complexity index is 580. The first kappa shape index (κ1) is 18.8. The van der Waals surface area contributed by atoms with Crippen molar-refractivity contribution in [1.82, 2.24) is 15.1 Å². The summed E-state index contributed by atoms with van der Waals surface area (Å²) < 4.78 is 0. The van der Waals surface area contributed by atoms with E-state index in [0.717, 1.165) is 44.0 Å². The molecule has 1 aromatic carbocycles. The van der Waals surface area contributed by atoms with Crippen LogP contribution in [0.3, 0.4) is 0 Å². The summed E-state index contributed by atoms with van der Waals surface area (Å²) in [5.74, 6) is -0.0962. The van der Waals surface area contributed by atoms with Gasteiger partial charge in [0.2, 0.25) is 5.91 Å². The van der Waals surface area contributed by atoms with Crippen LogP contribution < -0.4 is 10.2 Å². The van der Waals surface area contributed by atoms with E-state index in [9.17, 15) is 4.79 Å². The Hall–Kier alpha value is -1.56. The molecule has 0 bridgehead atoms. The summed E-state index contributed by atoms with van der Waals surface area (Å²) in [6.45, 7) is 5.19. The minimum Gasteiger partial charge on any atom is -0.369 e. The second-order valence-electron chi connectivity index (χ2n) is 6.41. The Morgan fingerprint density at radius 1 is 1.29 bits per heavy atom. The highest BCUT2D eigenvalue weighted by Gasteiger charge is 2.18. The second kappa shape index (κ2) is 9.06. The highest BCUT2D eigenvalue weighted by atomic mass is 35.5. The van der Waals surface area contributed by atoms with E-state index in [0.29, 0.717) is 11.6 Å². The lowest BCUT2D eigenvalue weighted by atomic mass is 10.1. The maximum absolute atomic E-state index is 12.0. The SMILES string of the molecule is CN(C)C/C=C/C(=O)NCc1c(Cl)cccc1N1CCN(C)CC1. The van der Waals surface area contributed by atoms with Crippen LogP contribution in [0.1, 0.15) is 5.56 Å². The second-order valence-corrected chi connectivity index (χ2v) is 6.82. The van der Waals surface area contributed by atoms with Crippen LogP contribution in [-0.2, 0) is 11.3 Å². The highest BCUT2D eigenvalue weighted by Crippen LogP contribution is 2.28. The lowest BCUT2D eigenvalue weighted by Gasteiger charge is -2.35. The molecule has 1 aromatic rings. The summed E-state index contributed by atoms with van der Waals surface area (Å²) in [6, 6.07) is 5.93. The van der Waals surface area contributed by atoms with Gasteiger partial charge in [-0.25, -0.2) is 0 Å². The fraction of sp³-hybridized carbons (Fsp3) is 0.500. The predicted octanol–water partition coefficient (Wildman–Crippen LogP) is 1.83. The van der Waals surface area contributed by atoms with E-state index >= 15 is 0 Å². The van der Waals surface area contributed by atoms with Gasteiger partial charge in [-0.1, -0.05) is 23.7 Å². The molecule has 2 rings (SSSR count). The number of nitrogens with one attached hydrogen (secondary N) is 1. The minimum absolute atomic E-state index is 0.0962. The predicted molar refractivity (Wildman–Crippen MR) is 101 cm³/mol. The first-order valence-electron chi connectivity index (χ1n) is 8.27. The largest absolute Gasteiger partial charge is 0.369 e. The van der Waals surface area contributed by atoms with Gasteiger partial charge in [0.15, 0.2) is 0 Å². The molecule has 6 heteroatoms. The van der Waals surface area contributed by atoms with E-state index in [1.807, 2.05) is 37.2 Å². The van der Waals surface area contributed by atoms with Crippen LogP contribution in [0, 0.1) is 0 Å². The van der Waals surface area contributed by atoms with Gasteiger partial charge >= 0.3 is 0 Å². The Labute approximate surface area is 149 Å². The van der Waals surface area contributed by atoms with Gasteiger partial charge in [-0.2, -0.15) is 0 Å². The fourth-order valence-corrected chi connectivity index (χ4v) is 2.91. The van der Waals surface area contributed by atoms with Crippen LogP contribution in [0.25, 0.3) is 0 Å². The third kappa shape index (κ3) is 5.51. The standard InChI is InChI=1S/C18H27ClN4O/c1-21(2)9-5-8-18(24)20-14-15-16(19)6-4-7-17(15)23-12-10-22(3)11-13-23/h4-8H,9-14H2,1-3H3,(H,20,24)/b8-5+. The quantitative estimate of drug-likeness (QED) is 0.794. The van der Waals surface area contributed by atoms with E-state index < -0.39 is 0 Å². The van der Waals surface area contributed by atoms with Gasteiger partial charge in [0.1, 0.15) is 0 Å². The van der Waals surface area contributed by atoms with Gasteiger partial charge in [0, 0.05) is 61.6 Å². The molecular weight excluding hydrogens is 324 g/mol. The molecule has 1 aliphatic heterocycles. The smallest absolute Gasteiger partial charge is 0.243 e. The van der Waals surface area contributed by atoms with Crippen molar-refractivity contribution in [3.63, 3.8) is 0 Å². The molecule has 1 N–H and O–H groups in total. The fourth-order valence-electron chi connectivity index (χ4n) is 2.67. The average molecular weight is 351 g/mol. The molecule has 0 unspecified atom stereocenters. The first-order valence-corrected chi connectivity index (χ1v) is 8.65. The Morgan fingerprint density at radius 3 is 2.67 bits per heavy atom. The number of rotatable bonds is 6. The first-order chi connectivity index (χ1) is 11.5. The van der Waals surface area contributed by atoms with Crippen LogP contribution in [-0.4, -0.2) is 69.6 Å². The van der Waals surface area contributed by atoms with Crippen LogP contribution in [0.15, 0.2) is 30.4 Å². The number of nitrogens with zero attached hydrogens (tertiary/aromatic N) is 3. The van der Waals surface area contributed by atoms with Gasteiger partial charge in [-0.05, 0) is 33.3 Å². The number of hydrogen-bond donors (Lipinski definition) is 1. The van der Waals surface area contributed by atoms with Crippen molar-refractivity contribution in [1.29, 1.82) is 0 Å². The van der Waals surface area contributed by atoms with E-state index in [4.69, 9.17) is 11.6 Å². The zero-order valence-electron chi connectivity index (χ0n) is 14.8. The molecule has 0 saturated carbocycles. The number of carbonyl (C=O) groups is 1. The monoisotopic (exact) mass is 350 g/mol. The van der Waals surface area contributed by atoms with Crippen LogP contribution >= 0.6 is 11.6 Å². The molecule has 1 heterocycles. The lowest BCUT2D eigenvalue weighted by Crippen LogP contribution is -2.45. The molecule has 0 radical (unpaired) electrons. The molecule has 1 fully saturated rings. The number of hydrogen-bond acceptors (Lipinski definition) is 4. The molecular formula is C18H27ClN4O. The van der Waals surface area contributed by atoms with Gasteiger partial charge in [0.25, 0.3) is 0 Å². The van der Waals surface area contributed by atoms with E-state index in [2.05, 4.69) is 28.2 Å². The topological polar surface area (TPSA) is 38.8 Å². The third-order valence-corrected chi connectivity index (χ3v) is 4.47. The van der Waals surface area contributed by atoms with Crippen molar-refractivity contribution in [3.8, 4) is 0 Å². The molecule has 1 amide bonds. The van der Waals surface area contributed by atoms with Gasteiger partial charge in [-0.3, -0.25) is 4.79 Å². The molecule has 24 heavy (non-hydrogen) atoms. The molecule has 1 aliphatic rings. The zero-order chi connectivity index (χ0) is 17.5. The molecule has 0 aliphatic carbocycles. The molecule has 0 atom stereocenters. The molecule has 132 valence electrons. The Kier molecular flexibility index (Phi) is 7.09. The summed E-state index contributed by atoms with van der Waals surface area (Å²) in [4.78, 5) is 18.6. The number of benzene rings is 1. The normalized spacial score (nSPS) is 16.1. The Morgan fingerprint density at radius 2 is 2.00 bits per heavy atom. The van der Waals surface area contributed by atoms with Crippen molar-refractivity contribution >= 4 is 23.2 Å². The zero-order valence-corrected chi connectivity index (χ0v) is 15.5. The molecule has 0 aromatic heterocycles. The minimum atomic E-state index is -0.0962. The number of halogens is 1. The highest BCUT2D eigenvalue weighted by molar-refractivity contribution is 6.31. The summed E-state index contributed by atoms with van der Waals surface area (Å²) in [5, 5.41) is 3.63. The van der Waals surface area contributed by atoms with E-state index in [1.54, 1.807) is 6.08 Å². The van der Waals surface area contributed by atoms with E-state index in [1.165, 1.54) is 0 Å². The van der Waals surface area contributed by atoms with Crippen molar-refractivity contribution in [2.24, 2.45) is 0 Å². The number of piperazine rings is 1. The summed E-state index contributed by atoms with van der Waals surface area (Å²) >= 11 is 6.39. The van der Waals surface area contributed by atoms with Crippen molar-refractivity contribution < 1.29 is 4.79 Å². The van der Waals surface area contributed by atoms with Crippen LogP contribution in [0.2, 0.25) is 5.02 Å². The van der Waals surface area contributed by atoms with Gasteiger partial charge < -0.3 is 20.0 Å². The maximum Gasteiger partial charge on any atom is 0.243 e. The number of anilines is 1. The van der Waals surface area contributed by atoms with Crippen molar-refractivity contribution in [3.05, 3.63) is 40.9 Å². The van der Waals surface area contributed by atoms with E-state index in [-0.39, 0.29) is 5.91 Å². The van der Waals surface area contributed by atoms with Crippen molar-refractivity contribution in [2.45, 2.75) is 6.54 Å². The Balaban J connectivity index is 2.01. The van der Waals surface area contributed by atoms with Crippen LogP contribution in [0.4, 0.5) is 5.69 Å². The summed E-state index contributed by atoms with van der Waals surface area (Å²) in [6.07, 6.45) is 3.43.